The third kappa shape index (κ3) is 4.57. The summed E-state index contributed by atoms with van der Waals surface area (Å²) in [5.74, 6) is 0.129. The molecule has 0 aliphatic carbocycles. The SMILES string of the molecule is C=C(C)C(=O)OCC1CC2CCC1O2.C=Cc1ccccc1. The lowest BCUT2D eigenvalue weighted by Crippen LogP contribution is -2.23. The standard InChI is InChI=1S/C11H16O3.C8H8/c1-7(2)11(12)13-6-8-5-9-3-4-10(8)14-9;1-2-8-6-4-3-5-7-8/h8-10H,1,3-6H2,2H3;2-7H,1H2. The highest BCUT2D eigenvalue weighted by molar-refractivity contribution is 5.86. The Balaban J connectivity index is 0.000000188. The number of hydrogen-bond donors (Lipinski definition) is 0. The zero-order chi connectivity index (χ0) is 15.9. The van der Waals surface area contributed by atoms with E-state index < -0.39 is 0 Å². The second kappa shape index (κ2) is 7.95. The van der Waals surface area contributed by atoms with Crippen LogP contribution in [0.15, 0.2) is 49.1 Å². The molecule has 22 heavy (non-hydrogen) atoms. The van der Waals surface area contributed by atoms with Gasteiger partial charge in [0.05, 0.1) is 18.8 Å². The van der Waals surface area contributed by atoms with Crippen molar-refractivity contribution in [1.29, 1.82) is 0 Å². The van der Waals surface area contributed by atoms with Crippen LogP contribution < -0.4 is 0 Å². The number of carbonyl (C=O) groups is 1. The van der Waals surface area contributed by atoms with E-state index in [0.29, 0.717) is 30.3 Å². The molecule has 0 N–H and O–H groups in total. The third-order valence-electron chi connectivity index (χ3n) is 4.04. The summed E-state index contributed by atoms with van der Waals surface area (Å²) in [6.07, 6.45) is 5.94. The first-order chi connectivity index (χ1) is 10.6. The molecule has 2 aliphatic heterocycles. The molecule has 3 atom stereocenters. The molecule has 2 heterocycles. The molecule has 2 saturated heterocycles. The van der Waals surface area contributed by atoms with Crippen molar-refractivity contribution in [3.63, 3.8) is 0 Å². The van der Waals surface area contributed by atoms with Crippen LogP contribution in [-0.2, 0) is 14.3 Å². The lowest BCUT2D eigenvalue weighted by molar-refractivity contribution is -0.140. The van der Waals surface area contributed by atoms with Gasteiger partial charge in [-0.3, -0.25) is 0 Å². The Hall–Kier alpha value is -1.87. The van der Waals surface area contributed by atoms with Crippen LogP contribution in [-0.4, -0.2) is 24.8 Å². The van der Waals surface area contributed by atoms with Gasteiger partial charge in [-0.1, -0.05) is 49.6 Å². The molecule has 1 aromatic carbocycles. The molecule has 0 amide bonds. The molecule has 3 rings (SSSR count). The van der Waals surface area contributed by atoms with Crippen LogP contribution in [0.2, 0.25) is 0 Å². The molecule has 1 aromatic rings. The predicted octanol–water partition coefficient (Wildman–Crippen LogP) is 4.00. The Morgan fingerprint density at radius 1 is 1.36 bits per heavy atom. The van der Waals surface area contributed by atoms with E-state index >= 15 is 0 Å². The summed E-state index contributed by atoms with van der Waals surface area (Å²) in [6.45, 7) is 9.33. The first-order valence-electron chi connectivity index (χ1n) is 7.75. The van der Waals surface area contributed by atoms with Gasteiger partial charge in [-0.15, -0.1) is 0 Å². The Kier molecular flexibility index (Phi) is 5.96. The predicted molar refractivity (Wildman–Crippen MR) is 88.3 cm³/mol. The Morgan fingerprint density at radius 2 is 2.09 bits per heavy atom. The average molecular weight is 300 g/mol. The van der Waals surface area contributed by atoms with E-state index in [1.54, 1.807) is 6.92 Å². The first kappa shape index (κ1) is 16.5. The normalized spacial score (nSPS) is 25.0. The van der Waals surface area contributed by atoms with Gasteiger partial charge in [0, 0.05) is 11.5 Å². The van der Waals surface area contributed by atoms with E-state index in [0.717, 1.165) is 12.8 Å². The van der Waals surface area contributed by atoms with E-state index in [4.69, 9.17) is 9.47 Å². The van der Waals surface area contributed by atoms with E-state index in [2.05, 4.69) is 13.2 Å². The third-order valence-corrected chi connectivity index (χ3v) is 4.04. The number of hydrogen-bond acceptors (Lipinski definition) is 3. The van der Waals surface area contributed by atoms with E-state index in [1.165, 1.54) is 12.0 Å². The molecule has 2 fully saturated rings. The zero-order valence-electron chi connectivity index (χ0n) is 13.2. The number of rotatable bonds is 4. The average Bonchev–Trinajstić information content (AvgIpc) is 3.16. The first-order valence-corrected chi connectivity index (χ1v) is 7.75. The van der Waals surface area contributed by atoms with E-state index in [-0.39, 0.29) is 5.97 Å². The zero-order valence-corrected chi connectivity index (χ0v) is 13.2. The van der Waals surface area contributed by atoms with Crippen molar-refractivity contribution in [2.75, 3.05) is 6.61 Å². The number of carbonyl (C=O) groups excluding carboxylic acids is 1. The van der Waals surface area contributed by atoms with Crippen LogP contribution in [0.4, 0.5) is 0 Å². The summed E-state index contributed by atoms with van der Waals surface area (Å²) in [6, 6.07) is 10.0. The minimum Gasteiger partial charge on any atom is -0.462 e. The molecule has 3 unspecified atom stereocenters. The minimum absolute atomic E-state index is 0.284. The van der Waals surface area contributed by atoms with Crippen LogP contribution in [0.5, 0.6) is 0 Å². The van der Waals surface area contributed by atoms with E-state index in [1.807, 2.05) is 36.4 Å². The Morgan fingerprint density at radius 3 is 2.55 bits per heavy atom. The van der Waals surface area contributed by atoms with Gasteiger partial charge < -0.3 is 9.47 Å². The number of benzene rings is 1. The summed E-state index contributed by atoms with van der Waals surface area (Å²) in [5.41, 5.74) is 1.64. The largest absolute Gasteiger partial charge is 0.462 e. The van der Waals surface area contributed by atoms with E-state index in [9.17, 15) is 4.79 Å². The summed E-state index contributed by atoms with van der Waals surface area (Å²) in [7, 11) is 0. The van der Waals surface area contributed by atoms with Gasteiger partial charge in [-0.25, -0.2) is 4.79 Å². The number of fused-ring (bicyclic) bond motifs is 2. The molecule has 2 bridgehead atoms. The van der Waals surface area contributed by atoms with Crippen LogP contribution in [0.25, 0.3) is 6.08 Å². The van der Waals surface area contributed by atoms with Crippen molar-refractivity contribution < 1.29 is 14.3 Å². The molecule has 3 heteroatoms. The van der Waals surface area contributed by atoms with Crippen LogP contribution in [0.1, 0.15) is 31.7 Å². The molecule has 2 aliphatic rings. The van der Waals surface area contributed by atoms with Crippen LogP contribution in [0, 0.1) is 5.92 Å². The second-order valence-electron chi connectivity index (χ2n) is 5.86. The summed E-state index contributed by atoms with van der Waals surface area (Å²) in [5, 5.41) is 0. The lowest BCUT2D eigenvalue weighted by Gasteiger charge is -2.17. The summed E-state index contributed by atoms with van der Waals surface area (Å²) >= 11 is 0. The highest BCUT2D eigenvalue weighted by Gasteiger charge is 2.41. The molecule has 3 nitrogen and oxygen atoms in total. The minimum atomic E-state index is -0.284. The van der Waals surface area contributed by atoms with Gasteiger partial charge >= 0.3 is 5.97 Å². The highest BCUT2D eigenvalue weighted by Crippen LogP contribution is 2.38. The quantitative estimate of drug-likeness (QED) is 0.623. The number of esters is 1. The Labute approximate surface area is 132 Å². The second-order valence-corrected chi connectivity index (χ2v) is 5.86. The monoisotopic (exact) mass is 300 g/mol. The van der Waals surface area contributed by atoms with Gasteiger partial charge in [0.15, 0.2) is 0 Å². The number of ether oxygens (including phenoxy) is 2. The van der Waals surface area contributed by atoms with Crippen molar-refractivity contribution >= 4 is 12.0 Å². The highest BCUT2D eigenvalue weighted by atomic mass is 16.5. The van der Waals surface area contributed by atoms with Gasteiger partial charge in [-0.05, 0) is 31.7 Å². The van der Waals surface area contributed by atoms with Crippen LogP contribution >= 0.6 is 0 Å². The fourth-order valence-electron chi connectivity index (χ4n) is 2.81. The van der Waals surface area contributed by atoms with Crippen molar-refractivity contribution in [2.24, 2.45) is 5.92 Å². The molecular weight excluding hydrogens is 276 g/mol. The van der Waals surface area contributed by atoms with Crippen molar-refractivity contribution in [3.05, 3.63) is 54.6 Å². The molecular formula is C19H24O3. The Bertz CT molecular complexity index is 521. The van der Waals surface area contributed by atoms with Crippen molar-refractivity contribution in [2.45, 2.75) is 38.4 Å². The van der Waals surface area contributed by atoms with Gasteiger partial charge in [-0.2, -0.15) is 0 Å². The molecule has 0 spiro atoms. The smallest absolute Gasteiger partial charge is 0.333 e. The molecule has 118 valence electrons. The molecule has 0 radical (unpaired) electrons. The summed E-state index contributed by atoms with van der Waals surface area (Å²) in [4.78, 5) is 11.1. The maximum Gasteiger partial charge on any atom is 0.333 e. The van der Waals surface area contributed by atoms with Gasteiger partial charge in [0.2, 0.25) is 0 Å². The summed E-state index contributed by atoms with van der Waals surface area (Å²) < 4.78 is 10.8. The van der Waals surface area contributed by atoms with Crippen LogP contribution in [0.3, 0.4) is 0 Å². The van der Waals surface area contributed by atoms with Crippen molar-refractivity contribution in [1.82, 2.24) is 0 Å². The maximum absolute atomic E-state index is 11.1. The molecule has 0 saturated carbocycles. The van der Waals surface area contributed by atoms with Gasteiger partial charge in [0.25, 0.3) is 0 Å². The van der Waals surface area contributed by atoms with Crippen molar-refractivity contribution in [3.8, 4) is 0 Å². The lowest BCUT2D eigenvalue weighted by atomic mass is 9.90. The topological polar surface area (TPSA) is 35.5 Å². The fourth-order valence-corrected chi connectivity index (χ4v) is 2.81. The van der Waals surface area contributed by atoms with Gasteiger partial charge in [0.1, 0.15) is 0 Å². The molecule has 0 aromatic heterocycles. The fraction of sp³-hybridized carbons (Fsp3) is 0.421. The maximum atomic E-state index is 11.1.